The zero-order valence-corrected chi connectivity index (χ0v) is 16.2. The quantitative estimate of drug-likeness (QED) is 0.418. The molecule has 2 heterocycles. The van der Waals surface area contributed by atoms with Gasteiger partial charge in [-0.2, -0.15) is 5.26 Å². The lowest BCUT2D eigenvalue weighted by atomic mass is 9.86. The van der Waals surface area contributed by atoms with Crippen LogP contribution in [0.1, 0.15) is 29.3 Å². The maximum Gasteiger partial charge on any atom is 0.295 e. The third kappa shape index (κ3) is 3.45. The fourth-order valence-corrected chi connectivity index (χ4v) is 4.03. The number of benzene rings is 2. The highest BCUT2D eigenvalue weighted by atomic mass is 16.2. The van der Waals surface area contributed by atoms with Gasteiger partial charge in [0, 0.05) is 30.2 Å². The first-order valence-corrected chi connectivity index (χ1v) is 9.68. The summed E-state index contributed by atoms with van der Waals surface area (Å²) in [5.41, 5.74) is 3.85. The largest absolute Gasteiger partial charge is 0.360 e. The first-order chi connectivity index (χ1) is 14.1. The molecule has 1 unspecified atom stereocenters. The number of piperidine rings is 1. The van der Waals surface area contributed by atoms with E-state index in [0.29, 0.717) is 30.6 Å². The Kier molecular flexibility index (Phi) is 5.01. The minimum absolute atomic E-state index is 0.0123. The Morgan fingerprint density at radius 3 is 2.55 bits per heavy atom. The molecule has 5 heteroatoms. The lowest BCUT2D eigenvalue weighted by Crippen LogP contribution is -2.43. The molecule has 0 radical (unpaired) electrons. The summed E-state index contributed by atoms with van der Waals surface area (Å²) >= 11 is 0. The minimum Gasteiger partial charge on any atom is -0.360 e. The molecule has 29 heavy (non-hydrogen) atoms. The summed E-state index contributed by atoms with van der Waals surface area (Å²) in [7, 11) is 0. The number of amides is 1. The zero-order valence-electron chi connectivity index (χ0n) is 16.2. The Morgan fingerprint density at radius 2 is 1.83 bits per heavy atom. The molecular weight excluding hydrogens is 362 g/mol. The highest BCUT2D eigenvalue weighted by Gasteiger charge is 2.31. The molecule has 1 N–H and O–H groups in total. The fraction of sp³-hybridized carbons (Fsp3) is 0.208. The summed E-state index contributed by atoms with van der Waals surface area (Å²) in [6, 6.07) is 19.4. The van der Waals surface area contributed by atoms with Gasteiger partial charge in [0.2, 0.25) is 0 Å². The Morgan fingerprint density at radius 1 is 1.10 bits per heavy atom. The molecule has 3 aromatic rings. The van der Waals surface area contributed by atoms with Crippen LogP contribution in [0.2, 0.25) is 0 Å². The van der Waals surface area contributed by atoms with E-state index >= 15 is 0 Å². The van der Waals surface area contributed by atoms with Gasteiger partial charge in [0.1, 0.15) is 0 Å². The number of H-pyrrole nitrogens is 1. The van der Waals surface area contributed by atoms with Gasteiger partial charge in [-0.3, -0.25) is 9.59 Å². The Bertz CT molecular complexity index is 1150. The van der Waals surface area contributed by atoms with Crippen LogP contribution in [-0.4, -0.2) is 34.7 Å². The normalized spacial score (nSPS) is 18.3. The van der Waals surface area contributed by atoms with Crippen LogP contribution in [0.3, 0.4) is 0 Å². The van der Waals surface area contributed by atoms with E-state index in [9.17, 15) is 14.9 Å². The second kappa shape index (κ2) is 7.76. The molecule has 0 aliphatic carbocycles. The summed E-state index contributed by atoms with van der Waals surface area (Å²) in [6.45, 7) is 2.87. The summed E-state index contributed by atoms with van der Waals surface area (Å²) in [5, 5.41) is 10.4. The Balaban J connectivity index is 1.55. The number of nitrogens with zero attached hydrogens (tertiary/aromatic N) is 2. The molecule has 2 aromatic carbocycles. The minimum atomic E-state index is -0.495. The number of fused-ring (bicyclic) bond motifs is 1. The third-order valence-corrected chi connectivity index (χ3v) is 5.55. The van der Waals surface area contributed by atoms with Crippen molar-refractivity contribution in [3.8, 4) is 6.07 Å². The zero-order chi connectivity index (χ0) is 20.4. The molecule has 1 aromatic heterocycles. The van der Waals surface area contributed by atoms with Crippen molar-refractivity contribution in [2.45, 2.75) is 13.3 Å². The molecule has 1 atom stereocenters. The average molecular weight is 383 g/mol. The number of carbonyl (C=O) groups excluding carboxylic acids is 2. The van der Waals surface area contributed by atoms with Gasteiger partial charge in [0.05, 0.1) is 17.2 Å². The number of para-hydroxylation sites is 1. The van der Waals surface area contributed by atoms with Gasteiger partial charge >= 0.3 is 0 Å². The number of rotatable bonds is 3. The first kappa shape index (κ1) is 18.7. The Labute approximate surface area is 169 Å². The van der Waals surface area contributed by atoms with E-state index < -0.39 is 11.7 Å². The topological polar surface area (TPSA) is 77.0 Å². The van der Waals surface area contributed by atoms with Gasteiger partial charge < -0.3 is 9.88 Å². The molecule has 1 aliphatic heterocycles. The maximum absolute atomic E-state index is 12.9. The summed E-state index contributed by atoms with van der Waals surface area (Å²) in [4.78, 5) is 30.4. The van der Waals surface area contributed by atoms with Crippen LogP contribution in [0, 0.1) is 17.2 Å². The maximum atomic E-state index is 12.9. The number of nitriles is 1. The number of aromatic nitrogens is 1. The van der Waals surface area contributed by atoms with Crippen LogP contribution in [0.15, 0.2) is 66.4 Å². The molecule has 1 amide bonds. The molecule has 0 spiro atoms. The number of allylic oxidation sites excluding steroid dienone is 1. The molecule has 5 nitrogen and oxygen atoms in total. The van der Waals surface area contributed by atoms with Crippen molar-refractivity contribution < 1.29 is 9.59 Å². The van der Waals surface area contributed by atoms with Gasteiger partial charge in [-0.15, -0.1) is 0 Å². The number of Topliss-reactive ketones (excluding diaryl/α,β-unsaturated/α-hetero) is 1. The first-order valence-electron chi connectivity index (χ1n) is 9.68. The third-order valence-electron chi connectivity index (χ3n) is 5.55. The predicted molar refractivity (Wildman–Crippen MR) is 112 cm³/mol. The van der Waals surface area contributed by atoms with E-state index in [1.165, 1.54) is 0 Å². The number of hydrogen-bond donors (Lipinski definition) is 1. The number of likely N-dealkylation sites (tertiary alicyclic amines) is 1. The van der Waals surface area contributed by atoms with Crippen molar-refractivity contribution in [3.63, 3.8) is 0 Å². The molecular formula is C24H21N3O2. The molecule has 0 bridgehead atoms. The predicted octanol–water partition coefficient (Wildman–Crippen LogP) is 4.20. The molecule has 4 rings (SSSR count). The number of aromatic amines is 1. The average Bonchev–Trinajstić information content (AvgIpc) is 3.19. The number of ketones is 1. The van der Waals surface area contributed by atoms with Crippen LogP contribution >= 0.6 is 0 Å². The SMILES string of the molecule is CC1CN(C(=O)C(=O)c2c[nH]c3ccccc23)CC/C1=C(/C#N)c1ccccc1. The standard InChI is InChI=1S/C24H21N3O2/c1-16-15-27(12-11-18(16)20(13-25)17-7-3-2-4-8-17)24(29)23(28)21-14-26-22-10-6-5-9-19(21)22/h2-10,14,16,26H,11-12,15H2,1H3/b20-18+. The van der Waals surface area contributed by atoms with Crippen molar-refractivity contribution in [1.82, 2.24) is 9.88 Å². The van der Waals surface area contributed by atoms with Gasteiger partial charge in [0.25, 0.3) is 11.7 Å². The summed E-state index contributed by atoms with van der Waals surface area (Å²) < 4.78 is 0. The second-order valence-electron chi connectivity index (χ2n) is 7.36. The molecule has 144 valence electrons. The van der Waals surface area contributed by atoms with Crippen molar-refractivity contribution >= 4 is 28.2 Å². The van der Waals surface area contributed by atoms with E-state index in [1.54, 1.807) is 11.1 Å². The summed E-state index contributed by atoms with van der Waals surface area (Å²) in [5.74, 6) is -0.970. The van der Waals surface area contributed by atoms with E-state index in [1.807, 2.05) is 61.5 Å². The van der Waals surface area contributed by atoms with E-state index in [2.05, 4.69) is 11.1 Å². The number of hydrogen-bond acceptors (Lipinski definition) is 3. The highest BCUT2D eigenvalue weighted by molar-refractivity contribution is 6.44. The monoisotopic (exact) mass is 383 g/mol. The lowest BCUT2D eigenvalue weighted by molar-refractivity contribution is -0.127. The van der Waals surface area contributed by atoms with E-state index in [0.717, 1.165) is 22.0 Å². The van der Waals surface area contributed by atoms with Gasteiger partial charge in [-0.1, -0.05) is 55.5 Å². The molecule has 1 saturated heterocycles. The molecule has 0 saturated carbocycles. The molecule has 1 fully saturated rings. The van der Waals surface area contributed by atoms with Crippen molar-refractivity contribution in [2.75, 3.05) is 13.1 Å². The van der Waals surface area contributed by atoms with E-state index in [-0.39, 0.29) is 5.92 Å². The van der Waals surface area contributed by atoms with Gasteiger partial charge in [-0.05, 0) is 29.5 Å². The van der Waals surface area contributed by atoms with Gasteiger partial charge in [0.15, 0.2) is 0 Å². The molecule has 1 aliphatic rings. The van der Waals surface area contributed by atoms with Crippen molar-refractivity contribution in [2.24, 2.45) is 5.92 Å². The van der Waals surface area contributed by atoms with Crippen LogP contribution in [0.5, 0.6) is 0 Å². The number of nitrogens with one attached hydrogen (secondary N) is 1. The number of carbonyl (C=O) groups is 2. The van der Waals surface area contributed by atoms with Crippen molar-refractivity contribution in [1.29, 1.82) is 5.26 Å². The fourth-order valence-electron chi connectivity index (χ4n) is 4.03. The van der Waals surface area contributed by atoms with Crippen LogP contribution in [-0.2, 0) is 4.79 Å². The van der Waals surface area contributed by atoms with Crippen LogP contribution < -0.4 is 0 Å². The Hall–Kier alpha value is -3.65. The lowest BCUT2D eigenvalue weighted by Gasteiger charge is -2.33. The highest BCUT2D eigenvalue weighted by Crippen LogP contribution is 2.31. The smallest absolute Gasteiger partial charge is 0.295 e. The van der Waals surface area contributed by atoms with E-state index in [4.69, 9.17) is 0 Å². The van der Waals surface area contributed by atoms with Gasteiger partial charge in [-0.25, -0.2) is 0 Å². The van der Waals surface area contributed by atoms with Crippen molar-refractivity contribution in [3.05, 3.63) is 77.5 Å². The van der Waals surface area contributed by atoms with Crippen LogP contribution in [0.4, 0.5) is 0 Å². The second-order valence-corrected chi connectivity index (χ2v) is 7.36. The van der Waals surface area contributed by atoms with Crippen LogP contribution in [0.25, 0.3) is 16.5 Å². The summed E-state index contributed by atoms with van der Waals surface area (Å²) in [6.07, 6.45) is 2.19.